The molecule has 5 rings (SSSR count). The van der Waals surface area contributed by atoms with E-state index in [9.17, 15) is 9.59 Å². The molecule has 0 aliphatic carbocycles. The molecule has 2 atom stereocenters. The van der Waals surface area contributed by atoms with Crippen LogP contribution in [0.4, 0.5) is 5.69 Å². The van der Waals surface area contributed by atoms with E-state index in [4.69, 9.17) is 9.47 Å². The first kappa shape index (κ1) is 22.4. The average molecular weight is 478 g/mol. The first-order valence-electron chi connectivity index (χ1n) is 11.4. The summed E-state index contributed by atoms with van der Waals surface area (Å²) in [5.74, 6) is 0.437. The molecule has 0 unspecified atom stereocenters. The molecule has 1 N–H and O–H groups in total. The van der Waals surface area contributed by atoms with Gasteiger partial charge in [0.15, 0.2) is 6.10 Å². The van der Waals surface area contributed by atoms with Crippen LogP contribution in [0.5, 0.6) is 5.75 Å². The third kappa shape index (κ3) is 4.93. The number of thiophene rings is 1. The Morgan fingerprint density at radius 3 is 2.53 bits per heavy atom. The summed E-state index contributed by atoms with van der Waals surface area (Å²) in [6.45, 7) is 2.62. The SMILES string of the molecule is O=C(CN1C[C@@H](C(=O)N2CCOCC2)Oc2ccccc21)N[C@H](c1ccccc1)c1cccs1. The van der Waals surface area contributed by atoms with Gasteiger partial charge < -0.3 is 24.6 Å². The van der Waals surface area contributed by atoms with Crippen LogP contribution in [0.15, 0.2) is 72.1 Å². The maximum atomic E-state index is 13.3. The van der Waals surface area contributed by atoms with Gasteiger partial charge in [0.25, 0.3) is 5.91 Å². The highest BCUT2D eigenvalue weighted by atomic mass is 32.1. The Morgan fingerprint density at radius 2 is 1.76 bits per heavy atom. The van der Waals surface area contributed by atoms with Crippen LogP contribution in [0.1, 0.15) is 16.5 Å². The van der Waals surface area contributed by atoms with E-state index in [0.29, 0.717) is 38.6 Å². The number of carbonyl (C=O) groups excluding carboxylic acids is 2. The number of para-hydroxylation sites is 2. The fourth-order valence-electron chi connectivity index (χ4n) is 4.37. The number of benzene rings is 2. The van der Waals surface area contributed by atoms with Gasteiger partial charge >= 0.3 is 0 Å². The van der Waals surface area contributed by atoms with Crippen LogP contribution >= 0.6 is 11.3 Å². The molecule has 0 radical (unpaired) electrons. The minimum Gasteiger partial charge on any atom is -0.477 e. The van der Waals surface area contributed by atoms with Crippen LogP contribution in [0.2, 0.25) is 0 Å². The third-order valence-corrected chi connectivity index (χ3v) is 7.00. The molecule has 0 bridgehead atoms. The number of nitrogens with zero attached hydrogens (tertiary/aromatic N) is 2. The summed E-state index contributed by atoms with van der Waals surface area (Å²) >= 11 is 1.61. The second kappa shape index (κ2) is 10.3. The quantitative estimate of drug-likeness (QED) is 0.591. The Bertz CT molecular complexity index is 1120. The number of morpholine rings is 1. The first-order chi connectivity index (χ1) is 16.7. The fraction of sp³-hybridized carbons (Fsp3) is 0.308. The van der Waals surface area contributed by atoms with Crippen molar-refractivity contribution in [2.75, 3.05) is 44.3 Å². The molecule has 176 valence electrons. The van der Waals surface area contributed by atoms with Crippen molar-refractivity contribution in [1.82, 2.24) is 10.2 Å². The minimum atomic E-state index is -0.664. The molecule has 7 nitrogen and oxygen atoms in total. The van der Waals surface area contributed by atoms with Crippen LogP contribution in [-0.4, -0.2) is 62.2 Å². The molecule has 1 fully saturated rings. The Hall–Kier alpha value is -3.36. The van der Waals surface area contributed by atoms with Crippen LogP contribution in [0.3, 0.4) is 0 Å². The Kier molecular flexibility index (Phi) is 6.78. The van der Waals surface area contributed by atoms with Crippen molar-refractivity contribution in [3.05, 3.63) is 82.6 Å². The Morgan fingerprint density at radius 1 is 1.00 bits per heavy atom. The monoisotopic (exact) mass is 477 g/mol. The molecule has 0 spiro atoms. The van der Waals surface area contributed by atoms with Crippen molar-refractivity contribution < 1.29 is 19.1 Å². The molecule has 2 aliphatic heterocycles. The predicted molar refractivity (Wildman–Crippen MR) is 131 cm³/mol. The molecule has 2 aliphatic rings. The minimum absolute atomic E-state index is 0.0658. The second-order valence-corrected chi connectivity index (χ2v) is 9.30. The molecule has 8 heteroatoms. The number of hydrogen-bond donors (Lipinski definition) is 1. The van der Waals surface area contributed by atoms with Crippen molar-refractivity contribution in [3.63, 3.8) is 0 Å². The maximum absolute atomic E-state index is 13.3. The van der Waals surface area contributed by atoms with Crippen molar-refractivity contribution in [2.24, 2.45) is 0 Å². The second-order valence-electron chi connectivity index (χ2n) is 8.32. The lowest BCUT2D eigenvalue weighted by Gasteiger charge is -2.38. The number of anilines is 1. The molecular weight excluding hydrogens is 450 g/mol. The van der Waals surface area contributed by atoms with Crippen LogP contribution < -0.4 is 15.0 Å². The number of rotatable bonds is 6. The summed E-state index contributed by atoms with van der Waals surface area (Å²) in [5.41, 5.74) is 1.84. The largest absolute Gasteiger partial charge is 0.477 e. The van der Waals surface area contributed by atoms with Gasteiger partial charge in [0.05, 0.1) is 38.0 Å². The molecule has 2 amide bonds. The summed E-state index contributed by atoms with van der Waals surface area (Å²) in [6.07, 6.45) is -0.664. The summed E-state index contributed by atoms with van der Waals surface area (Å²) in [5, 5.41) is 5.21. The van der Waals surface area contributed by atoms with E-state index in [1.807, 2.05) is 77.0 Å². The summed E-state index contributed by atoms with van der Waals surface area (Å²) in [6, 6.07) is 21.3. The summed E-state index contributed by atoms with van der Waals surface area (Å²) < 4.78 is 11.4. The van der Waals surface area contributed by atoms with Crippen LogP contribution in [0, 0.1) is 0 Å². The zero-order valence-electron chi connectivity index (χ0n) is 18.8. The highest BCUT2D eigenvalue weighted by Gasteiger charge is 2.35. The molecule has 3 heterocycles. The summed E-state index contributed by atoms with van der Waals surface area (Å²) in [7, 11) is 0. The molecule has 3 aromatic rings. The van der Waals surface area contributed by atoms with E-state index < -0.39 is 6.10 Å². The first-order valence-corrected chi connectivity index (χ1v) is 12.3. The number of ether oxygens (including phenoxy) is 2. The zero-order valence-corrected chi connectivity index (χ0v) is 19.6. The predicted octanol–water partition coefficient (Wildman–Crippen LogP) is 3.08. The smallest absolute Gasteiger partial charge is 0.265 e. The van der Waals surface area contributed by atoms with Gasteiger partial charge in [0.2, 0.25) is 5.91 Å². The van der Waals surface area contributed by atoms with Crippen LogP contribution in [-0.2, 0) is 14.3 Å². The van der Waals surface area contributed by atoms with Gasteiger partial charge in [-0.2, -0.15) is 0 Å². The van der Waals surface area contributed by atoms with Crippen molar-refractivity contribution in [3.8, 4) is 5.75 Å². The van der Waals surface area contributed by atoms with Gasteiger partial charge in [-0.15, -0.1) is 11.3 Å². The number of hydrogen-bond acceptors (Lipinski definition) is 6. The van der Waals surface area contributed by atoms with Crippen molar-refractivity contribution in [2.45, 2.75) is 12.1 Å². The molecule has 0 saturated carbocycles. The zero-order chi connectivity index (χ0) is 23.3. The van der Waals surface area contributed by atoms with Crippen molar-refractivity contribution >= 4 is 28.8 Å². The molecule has 1 aromatic heterocycles. The highest BCUT2D eigenvalue weighted by Crippen LogP contribution is 2.33. The van der Waals surface area contributed by atoms with Gasteiger partial charge in [-0.25, -0.2) is 0 Å². The van der Waals surface area contributed by atoms with Crippen molar-refractivity contribution in [1.29, 1.82) is 0 Å². The van der Waals surface area contributed by atoms with Gasteiger partial charge in [0, 0.05) is 18.0 Å². The van der Waals surface area contributed by atoms with Gasteiger partial charge in [0.1, 0.15) is 5.75 Å². The number of fused-ring (bicyclic) bond motifs is 1. The number of carbonyl (C=O) groups is 2. The van der Waals surface area contributed by atoms with E-state index in [-0.39, 0.29) is 24.4 Å². The van der Waals surface area contributed by atoms with E-state index in [1.54, 1.807) is 16.2 Å². The Labute approximate surface area is 202 Å². The van der Waals surface area contributed by atoms with Gasteiger partial charge in [-0.1, -0.05) is 48.5 Å². The number of amides is 2. The van der Waals surface area contributed by atoms with E-state index in [2.05, 4.69) is 5.32 Å². The van der Waals surface area contributed by atoms with E-state index in [0.717, 1.165) is 16.1 Å². The standard InChI is InChI=1S/C26H27N3O4S/c30-24(27-25(23-11-6-16-34-23)19-7-2-1-3-8-19)18-29-17-22(26(31)28-12-14-32-15-13-28)33-21-10-5-4-9-20(21)29/h1-11,16,22,25H,12-15,17-18H2,(H,27,30)/t22-,25+/m0/s1. The van der Waals surface area contributed by atoms with Gasteiger partial charge in [-0.05, 0) is 29.1 Å². The fourth-order valence-corrected chi connectivity index (χ4v) is 5.17. The normalized spacial score (nSPS) is 18.5. The topological polar surface area (TPSA) is 71.1 Å². The maximum Gasteiger partial charge on any atom is 0.265 e. The lowest BCUT2D eigenvalue weighted by molar-refractivity contribution is -0.142. The van der Waals surface area contributed by atoms with E-state index in [1.165, 1.54) is 0 Å². The molecule has 1 saturated heterocycles. The van der Waals surface area contributed by atoms with E-state index >= 15 is 0 Å². The lowest BCUT2D eigenvalue weighted by atomic mass is 10.1. The lowest BCUT2D eigenvalue weighted by Crippen LogP contribution is -2.54. The Balaban J connectivity index is 1.33. The number of nitrogens with one attached hydrogen (secondary N) is 1. The molecule has 2 aromatic carbocycles. The third-order valence-electron chi connectivity index (χ3n) is 6.06. The highest BCUT2D eigenvalue weighted by molar-refractivity contribution is 7.10. The molecule has 34 heavy (non-hydrogen) atoms. The van der Waals surface area contributed by atoms with Crippen LogP contribution in [0.25, 0.3) is 0 Å². The average Bonchev–Trinajstić information content (AvgIpc) is 3.42. The molecular formula is C26H27N3O4S. The van der Waals surface area contributed by atoms with Gasteiger partial charge in [-0.3, -0.25) is 9.59 Å². The summed E-state index contributed by atoms with van der Waals surface area (Å²) in [4.78, 5) is 31.2.